The van der Waals surface area contributed by atoms with Gasteiger partial charge < -0.3 is 5.11 Å². The molecule has 0 unspecified atom stereocenters. The number of unbranched alkanes of at least 4 members (excludes halogenated alkanes) is 10. The summed E-state index contributed by atoms with van der Waals surface area (Å²) >= 11 is 2.10. The van der Waals surface area contributed by atoms with Crippen molar-refractivity contribution in [3.05, 3.63) is 29.3 Å². The summed E-state index contributed by atoms with van der Waals surface area (Å²) in [5, 5.41) is 10.2. The minimum atomic E-state index is 0.503. The Hall–Kier alpha value is -0.630. The van der Waals surface area contributed by atoms with E-state index in [9.17, 15) is 5.11 Å². The summed E-state index contributed by atoms with van der Waals surface area (Å²) in [5.74, 6) is 3.03. The van der Waals surface area contributed by atoms with Crippen molar-refractivity contribution in [3.8, 4) is 5.75 Å². The summed E-state index contributed by atoms with van der Waals surface area (Å²) < 4.78 is 0. The molecule has 1 aromatic carbocycles. The SMILES string of the molecule is CCCCCCCCCCCCSCCCc1c(O)cccc1CCCC. The maximum absolute atomic E-state index is 10.2. The van der Waals surface area contributed by atoms with Crippen LogP contribution >= 0.6 is 11.8 Å². The van der Waals surface area contributed by atoms with Crippen molar-refractivity contribution >= 4 is 11.8 Å². The zero-order valence-corrected chi connectivity index (χ0v) is 18.9. The summed E-state index contributed by atoms with van der Waals surface area (Å²) in [4.78, 5) is 0. The van der Waals surface area contributed by atoms with Gasteiger partial charge in [0.25, 0.3) is 0 Å². The Balaban J connectivity index is 1.99. The second-order valence-electron chi connectivity index (χ2n) is 7.92. The average Bonchev–Trinajstić information content (AvgIpc) is 2.68. The first-order valence-electron chi connectivity index (χ1n) is 11.7. The lowest BCUT2D eigenvalue weighted by Crippen LogP contribution is -1.97. The van der Waals surface area contributed by atoms with Crippen molar-refractivity contribution in [2.24, 2.45) is 0 Å². The summed E-state index contributed by atoms with van der Waals surface area (Å²) in [7, 11) is 0. The van der Waals surface area contributed by atoms with Gasteiger partial charge in [0.05, 0.1) is 0 Å². The van der Waals surface area contributed by atoms with Crippen LogP contribution in [0.2, 0.25) is 0 Å². The molecule has 1 nitrogen and oxygen atoms in total. The molecular weight excluding hydrogens is 348 g/mol. The molecule has 0 amide bonds. The van der Waals surface area contributed by atoms with E-state index in [4.69, 9.17) is 0 Å². The second-order valence-corrected chi connectivity index (χ2v) is 9.14. The molecule has 0 aliphatic rings. The van der Waals surface area contributed by atoms with E-state index in [-0.39, 0.29) is 0 Å². The zero-order chi connectivity index (χ0) is 19.6. The van der Waals surface area contributed by atoms with Gasteiger partial charge in [0.1, 0.15) is 5.75 Å². The maximum atomic E-state index is 10.2. The predicted molar refractivity (Wildman–Crippen MR) is 124 cm³/mol. The van der Waals surface area contributed by atoms with Gasteiger partial charge in [0, 0.05) is 0 Å². The minimum absolute atomic E-state index is 0.503. The van der Waals surface area contributed by atoms with Crippen LogP contribution in [0.4, 0.5) is 0 Å². The van der Waals surface area contributed by atoms with E-state index in [2.05, 4.69) is 31.7 Å². The van der Waals surface area contributed by atoms with Gasteiger partial charge in [-0.2, -0.15) is 11.8 Å². The number of hydrogen-bond donors (Lipinski definition) is 1. The van der Waals surface area contributed by atoms with Crippen LogP contribution in [0.1, 0.15) is 108 Å². The molecule has 0 atom stereocenters. The first-order chi connectivity index (χ1) is 13.3. The highest BCUT2D eigenvalue weighted by Crippen LogP contribution is 2.25. The Morgan fingerprint density at radius 1 is 0.667 bits per heavy atom. The van der Waals surface area contributed by atoms with Crippen LogP contribution in [0.25, 0.3) is 0 Å². The van der Waals surface area contributed by atoms with Crippen LogP contribution in [-0.4, -0.2) is 16.6 Å². The first kappa shape index (κ1) is 24.4. The Kier molecular flexibility index (Phi) is 15.8. The minimum Gasteiger partial charge on any atom is -0.508 e. The highest BCUT2D eigenvalue weighted by Gasteiger charge is 2.07. The van der Waals surface area contributed by atoms with Crippen LogP contribution in [0, 0.1) is 0 Å². The molecule has 0 saturated carbocycles. The van der Waals surface area contributed by atoms with Crippen molar-refractivity contribution in [2.45, 2.75) is 110 Å². The monoisotopic (exact) mass is 392 g/mol. The smallest absolute Gasteiger partial charge is 0.119 e. The molecule has 1 aromatic rings. The Morgan fingerprint density at radius 2 is 1.26 bits per heavy atom. The molecular formula is C25H44OS. The van der Waals surface area contributed by atoms with Gasteiger partial charge in [-0.15, -0.1) is 0 Å². The standard InChI is InChI=1S/C25H44OS/c1-3-5-7-8-9-10-11-12-13-14-21-27-22-16-19-24-23(17-6-4-2)18-15-20-25(24)26/h15,18,20,26H,3-14,16-17,19,21-22H2,1-2H3. The molecule has 0 radical (unpaired) electrons. The normalized spacial score (nSPS) is 11.2. The number of aromatic hydroxyl groups is 1. The van der Waals surface area contributed by atoms with E-state index in [1.54, 1.807) is 0 Å². The van der Waals surface area contributed by atoms with Gasteiger partial charge >= 0.3 is 0 Å². The highest BCUT2D eigenvalue weighted by atomic mass is 32.2. The second kappa shape index (κ2) is 17.5. The highest BCUT2D eigenvalue weighted by molar-refractivity contribution is 7.99. The van der Waals surface area contributed by atoms with E-state index in [1.807, 2.05) is 12.1 Å². The van der Waals surface area contributed by atoms with E-state index in [0.717, 1.165) is 12.8 Å². The summed E-state index contributed by atoms with van der Waals surface area (Å²) in [5.41, 5.74) is 2.56. The fourth-order valence-corrected chi connectivity index (χ4v) is 4.62. The molecule has 0 aliphatic heterocycles. The molecule has 0 aliphatic carbocycles. The van der Waals surface area contributed by atoms with Gasteiger partial charge in [-0.05, 0) is 60.8 Å². The van der Waals surface area contributed by atoms with E-state index >= 15 is 0 Å². The Bertz CT molecular complexity index is 458. The van der Waals surface area contributed by atoms with Gasteiger partial charge in [-0.1, -0.05) is 90.2 Å². The number of benzene rings is 1. The summed E-state index contributed by atoms with van der Waals surface area (Å²) in [6, 6.07) is 6.03. The zero-order valence-electron chi connectivity index (χ0n) is 18.1. The number of thioether (sulfide) groups is 1. The molecule has 1 N–H and O–H groups in total. The quantitative estimate of drug-likeness (QED) is 0.253. The lowest BCUT2D eigenvalue weighted by atomic mass is 9.98. The fraction of sp³-hybridized carbons (Fsp3) is 0.760. The lowest BCUT2D eigenvalue weighted by Gasteiger charge is -2.11. The number of rotatable bonds is 18. The molecule has 0 bridgehead atoms. The van der Waals surface area contributed by atoms with Crippen molar-refractivity contribution in [3.63, 3.8) is 0 Å². The van der Waals surface area contributed by atoms with E-state index < -0.39 is 0 Å². The van der Waals surface area contributed by atoms with E-state index in [0.29, 0.717) is 5.75 Å². The lowest BCUT2D eigenvalue weighted by molar-refractivity contribution is 0.466. The molecule has 0 fully saturated rings. The van der Waals surface area contributed by atoms with Crippen molar-refractivity contribution in [2.75, 3.05) is 11.5 Å². The first-order valence-corrected chi connectivity index (χ1v) is 12.8. The van der Waals surface area contributed by atoms with Crippen LogP contribution in [0.15, 0.2) is 18.2 Å². The van der Waals surface area contributed by atoms with Crippen molar-refractivity contribution in [1.82, 2.24) is 0 Å². The third-order valence-electron chi connectivity index (χ3n) is 5.41. The number of phenols is 1. The van der Waals surface area contributed by atoms with Crippen molar-refractivity contribution in [1.29, 1.82) is 0 Å². The molecule has 2 heteroatoms. The molecule has 0 heterocycles. The molecule has 27 heavy (non-hydrogen) atoms. The van der Waals surface area contributed by atoms with Crippen molar-refractivity contribution < 1.29 is 5.11 Å². The van der Waals surface area contributed by atoms with Crippen LogP contribution < -0.4 is 0 Å². The summed E-state index contributed by atoms with van der Waals surface area (Å²) in [6.45, 7) is 4.51. The van der Waals surface area contributed by atoms with Gasteiger partial charge in [0.15, 0.2) is 0 Å². The largest absolute Gasteiger partial charge is 0.508 e. The maximum Gasteiger partial charge on any atom is 0.119 e. The average molecular weight is 393 g/mol. The fourth-order valence-electron chi connectivity index (χ4n) is 3.66. The Morgan fingerprint density at radius 3 is 1.93 bits per heavy atom. The predicted octanol–water partition coefficient (Wildman–Crippen LogP) is 8.32. The van der Waals surface area contributed by atoms with E-state index in [1.165, 1.54) is 106 Å². The molecule has 1 rings (SSSR count). The third-order valence-corrected chi connectivity index (χ3v) is 6.56. The van der Waals surface area contributed by atoms with Crippen LogP contribution in [0.5, 0.6) is 5.75 Å². The van der Waals surface area contributed by atoms with Gasteiger partial charge in [-0.25, -0.2) is 0 Å². The number of phenolic OH excluding ortho intramolecular Hbond substituents is 1. The Labute approximate surface area is 173 Å². The van der Waals surface area contributed by atoms with Crippen LogP contribution in [0.3, 0.4) is 0 Å². The molecule has 0 saturated heterocycles. The molecule has 0 aromatic heterocycles. The molecule has 0 spiro atoms. The van der Waals surface area contributed by atoms with Gasteiger partial charge in [0.2, 0.25) is 0 Å². The topological polar surface area (TPSA) is 20.2 Å². The van der Waals surface area contributed by atoms with Gasteiger partial charge in [-0.3, -0.25) is 0 Å². The number of aryl methyl sites for hydroxylation is 1. The van der Waals surface area contributed by atoms with Crippen LogP contribution in [-0.2, 0) is 12.8 Å². The summed E-state index contributed by atoms with van der Waals surface area (Å²) in [6.07, 6.45) is 19.9. The third kappa shape index (κ3) is 12.4. The molecule has 156 valence electrons. The number of hydrogen-bond acceptors (Lipinski definition) is 2.